The number of hydrogen-bond acceptors (Lipinski definition) is 3. The van der Waals surface area contributed by atoms with Crippen molar-refractivity contribution in [2.45, 2.75) is 5.92 Å². The molecule has 2 aromatic rings. The SMILES string of the molecule is N#CC(C(=O)c1ccc(Cl)o1)c1cccc(F)c1. The summed E-state index contributed by atoms with van der Waals surface area (Å²) in [6, 6.07) is 9.98. The van der Waals surface area contributed by atoms with Gasteiger partial charge in [-0.25, -0.2) is 4.39 Å². The molecule has 0 bridgehead atoms. The topological polar surface area (TPSA) is 54.0 Å². The molecule has 5 heteroatoms. The summed E-state index contributed by atoms with van der Waals surface area (Å²) in [5.41, 5.74) is 0.287. The average molecular weight is 264 g/mol. The van der Waals surface area contributed by atoms with Crippen molar-refractivity contribution in [1.29, 1.82) is 5.26 Å². The van der Waals surface area contributed by atoms with Gasteiger partial charge in [0.1, 0.15) is 11.7 Å². The summed E-state index contributed by atoms with van der Waals surface area (Å²) >= 11 is 5.56. The van der Waals surface area contributed by atoms with Gasteiger partial charge in [0.05, 0.1) is 6.07 Å². The molecule has 3 nitrogen and oxygen atoms in total. The lowest BCUT2D eigenvalue weighted by Crippen LogP contribution is -2.10. The van der Waals surface area contributed by atoms with E-state index >= 15 is 0 Å². The Morgan fingerprint density at radius 1 is 1.39 bits per heavy atom. The summed E-state index contributed by atoms with van der Waals surface area (Å²) < 4.78 is 18.0. The number of furan rings is 1. The van der Waals surface area contributed by atoms with Gasteiger partial charge in [-0.1, -0.05) is 12.1 Å². The fourth-order valence-electron chi connectivity index (χ4n) is 1.56. The molecule has 1 heterocycles. The standard InChI is InChI=1S/C13H7ClFNO2/c14-12-5-4-11(18-12)13(17)10(7-16)8-2-1-3-9(15)6-8/h1-6,10H. The largest absolute Gasteiger partial charge is 0.442 e. The van der Waals surface area contributed by atoms with E-state index in [1.807, 2.05) is 6.07 Å². The molecule has 0 fully saturated rings. The fraction of sp³-hybridized carbons (Fsp3) is 0.0769. The van der Waals surface area contributed by atoms with Crippen molar-refractivity contribution in [3.63, 3.8) is 0 Å². The lowest BCUT2D eigenvalue weighted by atomic mass is 9.95. The maximum atomic E-state index is 13.1. The third kappa shape index (κ3) is 2.41. The van der Waals surface area contributed by atoms with Crippen LogP contribution in [0.5, 0.6) is 0 Å². The Morgan fingerprint density at radius 2 is 2.17 bits per heavy atom. The molecule has 0 aliphatic heterocycles. The Morgan fingerprint density at radius 3 is 2.72 bits per heavy atom. The van der Waals surface area contributed by atoms with E-state index in [1.54, 1.807) is 0 Å². The molecule has 0 aliphatic rings. The smallest absolute Gasteiger partial charge is 0.219 e. The van der Waals surface area contributed by atoms with Gasteiger partial charge in [-0.3, -0.25) is 4.79 Å². The van der Waals surface area contributed by atoms with Crippen LogP contribution in [0.25, 0.3) is 0 Å². The van der Waals surface area contributed by atoms with Crippen LogP contribution in [0.4, 0.5) is 4.39 Å². The van der Waals surface area contributed by atoms with Gasteiger partial charge in [0.25, 0.3) is 0 Å². The summed E-state index contributed by atoms with van der Waals surface area (Å²) in [6.07, 6.45) is 0. The van der Waals surface area contributed by atoms with Crippen molar-refractivity contribution in [3.8, 4) is 6.07 Å². The van der Waals surface area contributed by atoms with E-state index in [1.165, 1.54) is 30.3 Å². The quantitative estimate of drug-likeness (QED) is 0.796. The first-order valence-electron chi connectivity index (χ1n) is 5.06. The van der Waals surface area contributed by atoms with Crippen LogP contribution in [0.2, 0.25) is 5.22 Å². The molecule has 2 rings (SSSR count). The molecular weight excluding hydrogens is 257 g/mol. The third-order valence-corrected chi connectivity index (χ3v) is 2.59. The first kappa shape index (κ1) is 12.3. The molecule has 1 atom stereocenters. The molecule has 0 saturated heterocycles. The van der Waals surface area contributed by atoms with E-state index in [0.29, 0.717) is 0 Å². The molecule has 1 aromatic carbocycles. The number of carbonyl (C=O) groups is 1. The average Bonchev–Trinajstić information content (AvgIpc) is 2.77. The molecule has 0 spiro atoms. The number of nitrogens with zero attached hydrogens (tertiary/aromatic N) is 1. The number of rotatable bonds is 3. The maximum Gasteiger partial charge on any atom is 0.219 e. The van der Waals surface area contributed by atoms with Gasteiger partial charge in [0, 0.05) is 0 Å². The molecular formula is C13H7ClFNO2. The number of nitriles is 1. The van der Waals surface area contributed by atoms with Crippen LogP contribution in [0.3, 0.4) is 0 Å². The summed E-state index contributed by atoms with van der Waals surface area (Å²) in [6.45, 7) is 0. The van der Waals surface area contributed by atoms with Gasteiger partial charge < -0.3 is 4.42 Å². The van der Waals surface area contributed by atoms with Crippen LogP contribution in [0.15, 0.2) is 40.8 Å². The zero-order valence-corrected chi connectivity index (χ0v) is 9.82. The lowest BCUT2D eigenvalue weighted by molar-refractivity contribution is 0.0952. The lowest BCUT2D eigenvalue weighted by Gasteiger charge is -2.06. The van der Waals surface area contributed by atoms with Gasteiger partial charge in [0.15, 0.2) is 11.0 Å². The van der Waals surface area contributed by atoms with Crippen LogP contribution < -0.4 is 0 Å². The van der Waals surface area contributed by atoms with E-state index in [2.05, 4.69) is 0 Å². The van der Waals surface area contributed by atoms with Crippen LogP contribution in [-0.4, -0.2) is 5.78 Å². The summed E-state index contributed by atoms with van der Waals surface area (Å²) in [5, 5.41) is 9.11. The minimum absolute atomic E-state index is 0.0178. The number of Topliss-reactive ketones (excluding diaryl/α,β-unsaturated/α-hetero) is 1. The second-order valence-corrected chi connectivity index (χ2v) is 3.96. The van der Waals surface area contributed by atoms with E-state index in [-0.39, 0.29) is 16.5 Å². The highest BCUT2D eigenvalue weighted by atomic mass is 35.5. The number of hydrogen-bond donors (Lipinski definition) is 0. The summed E-state index contributed by atoms with van der Waals surface area (Å²) in [4.78, 5) is 12.0. The molecule has 0 radical (unpaired) electrons. The highest BCUT2D eigenvalue weighted by Crippen LogP contribution is 2.23. The predicted octanol–water partition coefficient (Wildman–Crippen LogP) is 3.56. The monoisotopic (exact) mass is 263 g/mol. The van der Waals surface area contributed by atoms with Crippen molar-refractivity contribution in [2.24, 2.45) is 0 Å². The molecule has 90 valence electrons. The normalized spacial score (nSPS) is 11.8. The molecule has 0 aliphatic carbocycles. The summed E-state index contributed by atoms with van der Waals surface area (Å²) in [5.74, 6) is -2.17. The van der Waals surface area contributed by atoms with E-state index in [0.717, 1.165) is 6.07 Å². The van der Waals surface area contributed by atoms with E-state index in [4.69, 9.17) is 21.3 Å². The fourth-order valence-corrected chi connectivity index (χ4v) is 1.71. The highest BCUT2D eigenvalue weighted by molar-refractivity contribution is 6.29. The van der Waals surface area contributed by atoms with Crippen molar-refractivity contribution >= 4 is 17.4 Å². The number of carbonyl (C=O) groups excluding carboxylic acids is 1. The van der Waals surface area contributed by atoms with Crippen molar-refractivity contribution < 1.29 is 13.6 Å². The predicted molar refractivity (Wildman–Crippen MR) is 62.8 cm³/mol. The Kier molecular flexibility index (Phi) is 3.45. The molecule has 0 saturated carbocycles. The third-order valence-electron chi connectivity index (χ3n) is 2.39. The number of halogens is 2. The van der Waals surface area contributed by atoms with Crippen LogP contribution >= 0.6 is 11.6 Å². The van der Waals surface area contributed by atoms with Crippen molar-refractivity contribution in [1.82, 2.24) is 0 Å². The van der Waals surface area contributed by atoms with Crippen LogP contribution in [0.1, 0.15) is 22.0 Å². The van der Waals surface area contributed by atoms with Crippen molar-refractivity contribution in [3.05, 3.63) is 58.8 Å². The second-order valence-electron chi connectivity index (χ2n) is 3.59. The van der Waals surface area contributed by atoms with Crippen LogP contribution in [0, 0.1) is 17.1 Å². The molecule has 1 aromatic heterocycles. The molecule has 0 N–H and O–H groups in total. The molecule has 1 unspecified atom stereocenters. The minimum atomic E-state index is -1.11. The number of ketones is 1. The first-order chi connectivity index (χ1) is 8.61. The van der Waals surface area contributed by atoms with Crippen molar-refractivity contribution in [2.75, 3.05) is 0 Å². The number of benzene rings is 1. The van der Waals surface area contributed by atoms with E-state index < -0.39 is 17.5 Å². The van der Waals surface area contributed by atoms with Gasteiger partial charge >= 0.3 is 0 Å². The second kappa shape index (κ2) is 5.03. The highest BCUT2D eigenvalue weighted by Gasteiger charge is 2.24. The Balaban J connectivity index is 2.35. The Bertz CT molecular complexity index is 630. The van der Waals surface area contributed by atoms with E-state index in [9.17, 15) is 9.18 Å². The Labute approximate surface area is 107 Å². The van der Waals surface area contributed by atoms with Crippen LogP contribution in [-0.2, 0) is 0 Å². The molecule has 18 heavy (non-hydrogen) atoms. The zero-order chi connectivity index (χ0) is 13.1. The van der Waals surface area contributed by atoms with Gasteiger partial charge in [-0.15, -0.1) is 0 Å². The summed E-state index contributed by atoms with van der Waals surface area (Å²) in [7, 11) is 0. The van der Waals surface area contributed by atoms with Gasteiger partial charge in [0.2, 0.25) is 5.78 Å². The Hall–Kier alpha value is -2.12. The van der Waals surface area contributed by atoms with Gasteiger partial charge in [-0.2, -0.15) is 5.26 Å². The zero-order valence-electron chi connectivity index (χ0n) is 9.06. The van der Waals surface area contributed by atoms with Gasteiger partial charge in [-0.05, 0) is 41.4 Å². The molecule has 0 amide bonds. The maximum absolute atomic E-state index is 13.1. The minimum Gasteiger partial charge on any atom is -0.442 e. The first-order valence-corrected chi connectivity index (χ1v) is 5.44.